The molecule has 0 saturated carbocycles. The summed E-state index contributed by atoms with van der Waals surface area (Å²) in [5, 5.41) is 2.06. The van der Waals surface area contributed by atoms with Gasteiger partial charge < -0.3 is 4.90 Å². The van der Waals surface area contributed by atoms with Crippen molar-refractivity contribution in [3.05, 3.63) is 38.8 Å². The first kappa shape index (κ1) is 15.5. The van der Waals surface area contributed by atoms with Gasteiger partial charge in [-0.05, 0) is 22.9 Å². The standard InChI is InChI=1S/C14H16BrN5OS/c1-10-6-17-12(7-16-10)13(21)20-4-2-19(3-5-20)8-11-9-22-14(15)18-11/h6-7,9H,2-5,8H2,1H3. The van der Waals surface area contributed by atoms with Gasteiger partial charge in [0.1, 0.15) is 5.69 Å². The highest BCUT2D eigenvalue weighted by Gasteiger charge is 2.23. The van der Waals surface area contributed by atoms with Crippen LogP contribution < -0.4 is 0 Å². The van der Waals surface area contributed by atoms with E-state index in [9.17, 15) is 4.79 Å². The molecule has 0 unspecified atom stereocenters. The maximum atomic E-state index is 12.4. The number of nitrogens with zero attached hydrogens (tertiary/aromatic N) is 5. The highest BCUT2D eigenvalue weighted by molar-refractivity contribution is 9.11. The van der Waals surface area contributed by atoms with Crippen molar-refractivity contribution >= 4 is 33.2 Å². The van der Waals surface area contributed by atoms with E-state index in [1.807, 2.05) is 11.8 Å². The molecule has 3 rings (SSSR count). The maximum absolute atomic E-state index is 12.4. The van der Waals surface area contributed by atoms with E-state index in [1.165, 1.54) is 0 Å². The van der Waals surface area contributed by atoms with Gasteiger partial charge in [-0.25, -0.2) is 9.97 Å². The van der Waals surface area contributed by atoms with Gasteiger partial charge in [-0.3, -0.25) is 14.7 Å². The Labute approximate surface area is 141 Å². The van der Waals surface area contributed by atoms with E-state index in [4.69, 9.17) is 0 Å². The predicted molar refractivity (Wildman–Crippen MR) is 87.8 cm³/mol. The van der Waals surface area contributed by atoms with Crippen LogP contribution in [0.15, 0.2) is 21.7 Å². The SMILES string of the molecule is Cc1cnc(C(=O)N2CCN(Cc3csc(Br)n3)CC2)cn1. The molecule has 1 aliphatic rings. The van der Waals surface area contributed by atoms with Crippen LogP contribution in [0.5, 0.6) is 0 Å². The molecule has 0 atom stereocenters. The van der Waals surface area contributed by atoms with Crippen LogP contribution in [-0.2, 0) is 6.54 Å². The van der Waals surface area contributed by atoms with Crippen LogP contribution in [0, 0.1) is 6.92 Å². The van der Waals surface area contributed by atoms with Crippen LogP contribution in [-0.4, -0.2) is 56.8 Å². The average Bonchev–Trinajstić information content (AvgIpc) is 2.93. The van der Waals surface area contributed by atoms with Gasteiger partial charge in [0, 0.05) is 44.3 Å². The summed E-state index contributed by atoms with van der Waals surface area (Å²) in [6.45, 7) is 5.80. The fourth-order valence-electron chi connectivity index (χ4n) is 2.36. The first-order valence-corrected chi connectivity index (χ1v) is 8.69. The Balaban J connectivity index is 1.55. The van der Waals surface area contributed by atoms with E-state index < -0.39 is 0 Å². The molecule has 1 fully saturated rings. The number of amides is 1. The summed E-state index contributed by atoms with van der Waals surface area (Å²) in [6, 6.07) is 0. The molecule has 0 spiro atoms. The Bertz CT molecular complexity index is 652. The van der Waals surface area contributed by atoms with Crippen LogP contribution in [0.25, 0.3) is 0 Å². The third kappa shape index (κ3) is 3.68. The molecule has 0 aromatic carbocycles. The second kappa shape index (κ2) is 6.80. The fourth-order valence-corrected chi connectivity index (χ4v) is 3.40. The summed E-state index contributed by atoms with van der Waals surface area (Å²) >= 11 is 4.98. The van der Waals surface area contributed by atoms with Gasteiger partial charge in [-0.1, -0.05) is 0 Å². The lowest BCUT2D eigenvalue weighted by atomic mass is 10.2. The van der Waals surface area contributed by atoms with Crippen molar-refractivity contribution in [2.45, 2.75) is 13.5 Å². The Morgan fingerprint density at radius 3 is 2.64 bits per heavy atom. The topological polar surface area (TPSA) is 62.2 Å². The minimum Gasteiger partial charge on any atom is -0.335 e. The zero-order valence-corrected chi connectivity index (χ0v) is 14.6. The van der Waals surface area contributed by atoms with Gasteiger partial charge in [-0.2, -0.15) is 0 Å². The summed E-state index contributed by atoms with van der Waals surface area (Å²) < 4.78 is 0.911. The number of hydrogen-bond acceptors (Lipinski definition) is 6. The third-order valence-electron chi connectivity index (χ3n) is 3.57. The monoisotopic (exact) mass is 381 g/mol. The van der Waals surface area contributed by atoms with Crippen LogP contribution in [0.1, 0.15) is 21.9 Å². The number of rotatable bonds is 3. The van der Waals surface area contributed by atoms with E-state index >= 15 is 0 Å². The van der Waals surface area contributed by atoms with Crippen molar-refractivity contribution in [1.82, 2.24) is 24.8 Å². The first-order chi connectivity index (χ1) is 10.6. The second-order valence-electron chi connectivity index (χ2n) is 5.20. The smallest absolute Gasteiger partial charge is 0.274 e. The average molecular weight is 382 g/mol. The molecule has 2 aromatic heterocycles. The lowest BCUT2D eigenvalue weighted by Crippen LogP contribution is -2.48. The number of aryl methyl sites for hydroxylation is 1. The minimum absolute atomic E-state index is 0.0384. The van der Waals surface area contributed by atoms with E-state index in [0.29, 0.717) is 18.8 Å². The molecular weight excluding hydrogens is 366 g/mol. The maximum Gasteiger partial charge on any atom is 0.274 e. The van der Waals surface area contributed by atoms with E-state index in [2.05, 4.69) is 41.2 Å². The van der Waals surface area contributed by atoms with Crippen LogP contribution in [0.2, 0.25) is 0 Å². The molecule has 0 bridgehead atoms. The predicted octanol–water partition coefficient (Wildman–Crippen LogP) is 1.96. The van der Waals surface area contributed by atoms with Crippen molar-refractivity contribution in [3.63, 3.8) is 0 Å². The highest BCUT2D eigenvalue weighted by atomic mass is 79.9. The van der Waals surface area contributed by atoms with Crippen molar-refractivity contribution < 1.29 is 4.79 Å². The summed E-state index contributed by atoms with van der Waals surface area (Å²) in [7, 11) is 0. The summed E-state index contributed by atoms with van der Waals surface area (Å²) in [4.78, 5) is 29.2. The lowest BCUT2D eigenvalue weighted by molar-refractivity contribution is 0.0621. The summed E-state index contributed by atoms with van der Waals surface area (Å²) in [5.41, 5.74) is 2.30. The number of halogens is 1. The Kier molecular flexibility index (Phi) is 4.80. The van der Waals surface area contributed by atoms with Crippen molar-refractivity contribution in [2.75, 3.05) is 26.2 Å². The number of thiazole rings is 1. The third-order valence-corrected chi connectivity index (χ3v) is 4.98. The van der Waals surface area contributed by atoms with Gasteiger partial charge >= 0.3 is 0 Å². The number of carbonyl (C=O) groups excluding carboxylic acids is 1. The molecule has 116 valence electrons. The summed E-state index contributed by atoms with van der Waals surface area (Å²) in [5.74, 6) is -0.0384. The van der Waals surface area contributed by atoms with E-state index in [1.54, 1.807) is 23.7 Å². The van der Waals surface area contributed by atoms with Crippen LogP contribution in [0.3, 0.4) is 0 Å². The number of piperazine rings is 1. The van der Waals surface area contributed by atoms with Crippen molar-refractivity contribution in [3.8, 4) is 0 Å². The van der Waals surface area contributed by atoms with Crippen molar-refractivity contribution in [1.29, 1.82) is 0 Å². The molecule has 22 heavy (non-hydrogen) atoms. The Morgan fingerprint density at radius 1 is 1.27 bits per heavy atom. The molecule has 1 aliphatic heterocycles. The van der Waals surface area contributed by atoms with Crippen LogP contribution >= 0.6 is 27.3 Å². The fraction of sp³-hybridized carbons (Fsp3) is 0.429. The van der Waals surface area contributed by atoms with E-state index in [-0.39, 0.29) is 5.91 Å². The zero-order valence-electron chi connectivity index (χ0n) is 12.2. The molecule has 2 aromatic rings. The van der Waals surface area contributed by atoms with Crippen LogP contribution in [0.4, 0.5) is 0 Å². The van der Waals surface area contributed by atoms with Gasteiger partial charge in [-0.15, -0.1) is 11.3 Å². The normalized spacial score (nSPS) is 16.0. The van der Waals surface area contributed by atoms with Crippen molar-refractivity contribution in [2.24, 2.45) is 0 Å². The number of carbonyl (C=O) groups is 1. The van der Waals surface area contributed by atoms with E-state index in [0.717, 1.165) is 34.9 Å². The highest BCUT2D eigenvalue weighted by Crippen LogP contribution is 2.18. The Morgan fingerprint density at radius 2 is 2.05 bits per heavy atom. The van der Waals surface area contributed by atoms with Gasteiger partial charge in [0.15, 0.2) is 3.92 Å². The largest absolute Gasteiger partial charge is 0.335 e. The Hall–Kier alpha value is -1.38. The zero-order chi connectivity index (χ0) is 15.5. The minimum atomic E-state index is -0.0384. The quantitative estimate of drug-likeness (QED) is 0.812. The first-order valence-electron chi connectivity index (χ1n) is 7.02. The molecule has 1 amide bonds. The summed E-state index contributed by atoms with van der Waals surface area (Å²) in [6.07, 6.45) is 3.18. The molecule has 1 saturated heterocycles. The molecule has 0 radical (unpaired) electrons. The van der Waals surface area contributed by atoms with Gasteiger partial charge in [0.2, 0.25) is 0 Å². The molecule has 3 heterocycles. The number of hydrogen-bond donors (Lipinski definition) is 0. The second-order valence-corrected chi connectivity index (χ2v) is 7.34. The van der Waals surface area contributed by atoms with Gasteiger partial charge in [0.25, 0.3) is 5.91 Å². The molecule has 0 N–H and O–H groups in total. The molecular formula is C14H16BrN5OS. The van der Waals surface area contributed by atoms with Gasteiger partial charge in [0.05, 0.1) is 17.6 Å². The number of aromatic nitrogens is 3. The molecule has 0 aliphatic carbocycles. The molecule has 6 nitrogen and oxygen atoms in total. The molecule has 8 heteroatoms. The lowest BCUT2D eigenvalue weighted by Gasteiger charge is -2.34.